The predicted molar refractivity (Wildman–Crippen MR) is 132 cm³/mol. The molecule has 1 N–H and O–H groups in total. The van der Waals surface area contributed by atoms with E-state index in [-0.39, 0.29) is 23.8 Å². The predicted octanol–water partition coefficient (Wildman–Crippen LogP) is 3.66. The molecule has 0 atom stereocenters. The first kappa shape index (κ1) is 23.8. The monoisotopic (exact) mass is 481 g/mol. The van der Waals surface area contributed by atoms with E-state index in [0.717, 1.165) is 43.3 Å². The molecular weight excluding hydrogens is 454 g/mol. The molecule has 1 amide bonds. The highest BCUT2D eigenvalue weighted by Gasteiger charge is 2.17. The lowest BCUT2D eigenvalue weighted by atomic mass is 10.1. The maximum Gasteiger partial charge on any atom is 0.312 e. The van der Waals surface area contributed by atoms with Gasteiger partial charge in [-0.25, -0.2) is 4.98 Å². The first-order valence-corrected chi connectivity index (χ1v) is 11.9. The molecule has 10 heteroatoms. The van der Waals surface area contributed by atoms with E-state index in [1.165, 1.54) is 36.1 Å². The van der Waals surface area contributed by atoms with Crippen LogP contribution in [-0.2, 0) is 17.8 Å². The fourth-order valence-corrected chi connectivity index (χ4v) is 4.64. The Labute approximate surface area is 202 Å². The number of hydrogen-bond donors (Lipinski definition) is 1. The van der Waals surface area contributed by atoms with Crippen LogP contribution >= 0.6 is 11.3 Å². The first-order chi connectivity index (χ1) is 16.4. The number of rotatable bonds is 8. The number of nitrogens with one attached hydrogen (secondary N) is 1. The SMILES string of the molecule is COc1ccc(NC(=O)Cc2csc(-c3ccc(CN4CCN(C)CC4)cc3)n2)cc1[N+](=O)[O-]. The van der Waals surface area contributed by atoms with Crippen LogP contribution < -0.4 is 10.1 Å². The third-order valence-electron chi connectivity index (χ3n) is 5.76. The average Bonchev–Trinajstić information content (AvgIpc) is 3.29. The molecule has 2 aromatic carbocycles. The molecule has 0 spiro atoms. The van der Waals surface area contributed by atoms with Gasteiger partial charge in [-0.1, -0.05) is 24.3 Å². The molecule has 178 valence electrons. The summed E-state index contributed by atoms with van der Waals surface area (Å²) in [5.74, 6) is -0.152. The summed E-state index contributed by atoms with van der Waals surface area (Å²) in [7, 11) is 3.52. The molecule has 0 bridgehead atoms. The van der Waals surface area contributed by atoms with Crippen LogP contribution in [0.1, 0.15) is 11.3 Å². The number of amides is 1. The second-order valence-electron chi connectivity index (χ2n) is 8.29. The van der Waals surface area contributed by atoms with Gasteiger partial charge in [0.2, 0.25) is 5.91 Å². The molecule has 3 aromatic rings. The lowest BCUT2D eigenvalue weighted by molar-refractivity contribution is -0.385. The zero-order valence-corrected chi connectivity index (χ0v) is 20.0. The number of nitrogens with zero attached hydrogens (tertiary/aromatic N) is 4. The lowest BCUT2D eigenvalue weighted by Gasteiger charge is -2.32. The summed E-state index contributed by atoms with van der Waals surface area (Å²) in [6.07, 6.45) is 0.0812. The van der Waals surface area contributed by atoms with Gasteiger partial charge in [-0.05, 0) is 24.7 Å². The van der Waals surface area contributed by atoms with Crippen LogP contribution in [0, 0.1) is 10.1 Å². The van der Waals surface area contributed by atoms with E-state index in [1.807, 2.05) is 5.38 Å². The number of ether oxygens (including phenoxy) is 1. The molecule has 2 heterocycles. The van der Waals surface area contributed by atoms with E-state index in [4.69, 9.17) is 4.74 Å². The van der Waals surface area contributed by atoms with E-state index in [0.29, 0.717) is 11.4 Å². The van der Waals surface area contributed by atoms with E-state index >= 15 is 0 Å². The van der Waals surface area contributed by atoms with Crippen molar-refractivity contribution in [1.29, 1.82) is 0 Å². The van der Waals surface area contributed by atoms with Crippen LogP contribution in [0.15, 0.2) is 47.8 Å². The van der Waals surface area contributed by atoms with Crippen LogP contribution in [0.5, 0.6) is 5.75 Å². The highest BCUT2D eigenvalue weighted by molar-refractivity contribution is 7.13. The van der Waals surface area contributed by atoms with Crippen LogP contribution in [-0.4, -0.2) is 66.0 Å². The maximum atomic E-state index is 12.5. The Balaban J connectivity index is 1.34. The number of nitro groups is 1. The third kappa shape index (κ3) is 5.96. The number of methoxy groups -OCH3 is 1. The summed E-state index contributed by atoms with van der Waals surface area (Å²) in [4.78, 5) is 32.5. The number of piperazine rings is 1. The van der Waals surface area contributed by atoms with E-state index < -0.39 is 4.92 Å². The molecule has 1 fully saturated rings. The van der Waals surface area contributed by atoms with Gasteiger partial charge in [-0.2, -0.15) is 0 Å². The van der Waals surface area contributed by atoms with Gasteiger partial charge in [0.25, 0.3) is 0 Å². The number of carbonyl (C=O) groups is 1. The van der Waals surface area contributed by atoms with Gasteiger partial charge in [0, 0.05) is 55.4 Å². The normalized spacial score (nSPS) is 14.6. The van der Waals surface area contributed by atoms with Crippen molar-refractivity contribution in [2.75, 3.05) is 45.7 Å². The van der Waals surface area contributed by atoms with Crippen LogP contribution in [0.4, 0.5) is 11.4 Å². The van der Waals surface area contributed by atoms with Gasteiger partial charge in [-0.3, -0.25) is 19.8 Å². The molecule has 9 nitrogen and oxygen atoms in total. The molecule has 0 aliphatic carbocycles. The van der Waals surface area contributed by atoms with Crippen LogP contribution in [0.25, 0.3) is 10.6 Å². The van der Waals surface area contributed by atoms with Gasteiger partial charge in [0.05, 0.1) is 24.1 Å². The standard InChI is InChI=1S/C24H27N5O4S/c1-27-9-11-28(12-10-27)15-17-3-5-18(6-4-17)24-26-20(16-34-24)14-23(30)25-19-7-8-22(33-2)21(13-19)29(31)32/h3-8,13,16H,9-12,14-15H2,1-2H3,(H,25,30). The van der Waals surface area contributed by atoms with Gasteiger partial charge in [0.1, 0.15) is 5.01 Å². The molecule has 4 rings (SSSR count). The fraction of sp³-hybridized carbons (Fsp3) is 0.333. The number of hydrogen-bond acceptors (Lipinski definition) is 8. The molecule has 0 radical (unpaired) electrons. The minimum Gasteiger partial charge on any atom is -0.490 e. The highest BCUT2D eigenvalue weighted by atomic mass is 32.1. The number of benzene rings is 2. The summed E-state index contributed by atoms with van der Waals surface area (Å²) in [5.41, 5.74) is 3.08. The Kier molecular flexibility index (Phi) is 7.51. The highest BCUT2D eigenvalue weighted by Crippen LogP contribution is 2.30. The number of thiazole rings is 1. The summed E-state index contributed by atoms with van der Waals surface area (Å²) in [6, 6.07) is 12.7. The fourth-order valence-electron chi connectivity index (χ4n) is 3.82. The average molecular weight is 482 g/mol. The van der Waals surface area contributed by atoms with Crippen LogP contribution in [0.2, 0.25) is 0 Å². The van der Waals surface area contributed by atoms with Gasteiger partial charge >= 0.3 is 5.69 Å². The van der Waals surface area contributed by atoms with E-state index in [2.05, 4.69) is 51.4 Å². The van der Waals surface area contributed by atoms with Gasteiger partial charge in [0.15, 0.2) is 5.75 Å². The zero-order chi connectivity index (χ0) is 24.1. The third-order valence-corrected chi connectivity index (χ3v) is 6.70. The molecule has 1 aliphatic rings. The van der Waals surface area contributed by atoms with Crippen LogP contribution in [0.3, 0.4) is 0 Å². The number of nitro benzene ring substituents is 1. The van der Waals surface area contributed by atoms with Crippen molar-refractivity contribution in [1.82, 2.24) is 14.8 Å². The number of aromatic nitrogens is 1. The first-order valence-electron chi connectivity index (χ1n) is 11.0. The second kappa shape index (κ2) is 10.7. The van der Waals surface area contributed by atoms with Crippen molar-refractivity contribution < 1.29 is 14.5 Å². The van der Waals surface area contributed by atoms with Crippen molar-refractivity contribution in [3.8, 4) is 16.3 Å². The molecule has 34 heavy (non-hydrogen) atoms. The quantitative estimate of drug-likeness (QED) is 0.387. The smallest absolute Gasteiger partial charge is 0.312 e. The molecule has 0 saturated carbocycles. The molecule has 0 unspecified atom stereocenters. The Hall–Kier alpha value is -3.34. The van der Waals surface area contributed by atoms with E-state index in [9.17, 15) is 14.9 Å². The summed E-state index contributed by atoms with van der Waals surface area (Å²) < 4.78 is 4.99. The zero-order valence-electron chi connectivity index (χ0n) is 19.2. The van der Waals surface area contributed by atoms with Gasteiger partial charge < -0.3 is 15.0 Å². The number of likely N-dealkylation sites (N-methyl/N-ethyl adjacent to an activating group) is 1. The van der Waals surface area contributed by atoms with Crippen molar-refractivity contribution in [2.45, 2.75) is 13.0 Å². The topological polar surface area (TPSA) is 101 Å². The Morgan fingerprint density at radius 3 is 2.59 bits per heavy atom. The molecule has 1 aliphatic heterocycles. The minimum atomic E-state index is -0.544. The van der Waals surface area contributed by atoms with Crippen molar-refractivity contribution in [2.24, 2.45) is 0 Å². The molecule has 1 aromatic heterocycles. The summed E-state index contributed by atoms with van der Waals surface area (Å²) in [5, 5.41) is 16.6. The van der Waals surface area contributed by atoms with Crippen molar-refractivity contribution in [3.05, 3.63) is 69.2 Å². The summed E-state index contributed by atoms with van der Waals surface area (Å²) in [6.45, 7) is 5.31. The van der Waals surface area contributed by atoms with Crippen molar-refractivity contribution >= 4 is 28.6 Å². The Morgan fingerprint density at radius 2 is 1.91 bits per heavy atom. The minimum absolute atomic E-state index is 0.0812. The van der Waals surface area contributed by atoms with E-state index in [1.54, 1.807) is 6.07 Å². The maximum absolute atomic E-state index is 12.5. The second-order valence-corrected chi connectivity index (χ2v) is 9.15. The van der Waals surface area contributed by atoms with Crippen molar-refractivity contribution in [3.63, 3.8) is 0 Å². The largest absolute Gasteiger partial charge is 0.490 e. The number of carbonyl (C=O) groups excluding carboxylic acids is 1. The lowest BCUT2D eigenvalue weighted by Crippen LogP contribution is -2.43. The Bertz CT molecular complexity index is 1160. The molecular formula is C24H27N5O4S. The number of anilines is 1. The molecule has 1 saturated heterocycles. The van der Waals surface area contributed by atoms with Gasteiger partial charge in [-0.15, -0.1) is 11.3 Å². The Morgan fingerprint density at radius 1 is 1.18 bits per heavy atom. The summed E-state index contributed by atoms with van der Waals surface area (Å²) >= 11 is 1.49.